The molecule has 184 valence electrons. The molecule has 1 aromatic carbocycles. The maximum atomic E-state index is 13.7. The van der Waals surface area contributed by atoms with Gasteiger partial charge >= 0.3 is 6.18 Å². The highest BCUT2D eigenvalue weighted by atomic mass is 19.4. The van der Waals surface area contributed by atoms with Crippen molar-refractivity contribution in [1.29, 1.82) is 0 Å². The second-order valence-corrected chi connectivity index (χ2v) is 8.21. The number of anilines is 2. The summed E-state index contributed by atoms with van der Waals surface area (Å²) in [6, 6.07) is 1.95. The first-order chi connectivity index (χ1) is 15.6. The van der Waals surface area contributed by atoms with Crippen LogP contribution in [-0.4, -0.2) is 68.6 Å². The van der Waals surface area contributed by atoms with Crippen molar-refractivity contribution < 1.29 is 36.3 Å². The molecule has 2 aliphatic rings. The van der Waals surface area contributed by atoms with Crippen molar-refractivity contribution in [3.05, 3.63) is 23.8 Å². The fourth-order valence-corrected chi connectivity index (χ4v) is 4.01. The Bertz CT molecular complexity index is 848. The van der Waals surface area contributed by atoms with Gasteiger partial charge in [0.2, 0.25) is 5.91 Å². The molecule has 0 aromatic heterocycles. The zero-order chi connectivity index (χ0) is 24.2. The van der Waals surface area contributed by atoms with Crippen LogP contribution in [0.25, 0.3) is 0 Å². The van der Waals surface area contributed by atoms with Crippen LogP contribution in [0.15, 0.2) is 18.2 Å². The van der Waals surface area contributed by atoms with Gasteiger partial charge in [-0.05, 0) is 37.0 Å². The van der Waals surface area contributed by atoms with Gasteiger partial charge in [-0.3, -0.25) is 14.5 Å². The number of nitrogens with zero attached hydrogens (tertiary/aromatic N) is 2. The second-order valence-electron chi connectivity index (χ2n) is 8.21. The molecule has 1 aliphatic carbocycles. The van der Waals surface area contributed by atoms with Crippen LogP contribution in [0, 0.1) is 5.92 Å². The van der Waals surface area contributed by atoms with Crippen LogP contribution in [0.5, 0.6) is 0 Å². The van der Waals surface area contributed by atoms with E-state index in [1.165, 1.54) is 11.0 Å². The van der Waals surface area contributed by atoms with Crippen LogP contribution in [0.4, 0.5) is 33.3 Å². The largest absolute Gasteiger partial charge is 0.418 e. The highest BCUT2D eigenvalue weighted by molar-refractivity contribution is 5.98. The molecule has 2 amide bonds. The standard InChI is InChI=1S/C21H27F5N4O3/c22-18(23)11-29(10-13-2-1-3-13)17(9-27)20(32)28-14-4-5-16(15(8-14)21(24,25)26)30-6-7-33-12-19(30)31/h4-5,8,13,17-18H,1-3,6-7,9-12,27H2,(H,28,32)/t17-/m0/s1. The summed E-state index contributed by atoms with van der Waals surface area (Å²) in [5.74, 6) is -1.18. The summed E-state index contributed by atoms with van der Waals surface area (Å²) in [5.41, 5.74) is 4.08. The Hall–Kier alpha value is -2.31. The number of ether oxygens (including phenoxy) is 1. The van der Waals surface area contributed by atoms with E-state index in [1.54, 1.807) is 0 Å². The number of hydrogen-bond donors (Lipinski definition) is 2. The van der Waals surface area contributed by atoms with Gasteiger partial charge in [0.15, 0.2) is 0 Å². The van der Waals surface area contributed by atoms with Gasteiger partial charge in [0, 0.05) is 25.3 Å². The third-order valence-electron chi connectivity index (χ3n) is 5.90. The number of halogens is 5. The topological polar surface area (TPSA) is 87.9 Å². The predicted molar refractivity (Wildman–Crippen MR) is 111 cm³/mol. The maximum Gasteiger partial charge on any atom is 0.418 e. The van der Waals surface area contributed by atoms with Gasteiger partial charge in [0.25, 0.3) is 12.3 Å². The minimum atomic E-state index is -4.80. The van der Waals surface area contributed by atoms with E-state index < -0.39 is 42.6 Å². The first-order valence-corrected chi connectivity index (χ1v) is 10.7. The number of alkyl halides is 5. The molecule has 1 atom stereocenters. The molecular formula is C21H27F5N4O3. The fraction of sp³-hybridized carbons (Fsp3) is 0.619. The maximum absolute atomic E-state index is 13.7. The lowest BCUT2D eigenvalue weighted by molar-refractivity contribution is -0.137. The van der Waals surface area contributed by atoms with Crippen molar-refractivity contribution in [2.75, 3.05) is 49.6 Å². The third-order valence-corrected chi connectivity index (χ3v) is 5.90. The van der Waals surface area contributed by atoms with Gasteiger partial charge in [-0.15, -0.1) is 0 Å². The smallest absolute Gasteiger partial charge is 0.370 e. The molecule has 0 unspecified atom stereocenters. The van der Waals surface area contributed by atoms with Crippen molar-refractivity contribution >= 4 is 23.2 Å². The van der Waals surface area contributed by atoms with Crippen LogP contribution in [-0.2, 0) is 20.5 Å². The number of carbonyl (C=O) groups excluding carboxylic acids is 2. The number of nitrogens with one attached hydrogen (secondary N) is 1. The van der Waals surface area contributed by atoms with Crippen LogP contribution in [0.3, 0.4) is 0 Å². The quantitative estimate of drug-likeness (QED) is 0.533. The molecule has 1 saturated carbocycles. The Morgan fingerprint density at radius 2 is 2.03 bits per heavy atom. The number of rotatable bonds is 9. The summed E-state index contributed by atoms with van der Waals surface area (Å²) in [5, 5.41) is 2.38. The van der Waals surface area contributed by atoms with E-state index in [9.17, 15) is 31.5 Å². The molecule has 3 N–H and O–H groups in total. The monoisotopic (exact) mass is 478 g/mol. The minimum absolute atomic E-state index is 0.0351. The first-order valence-electron chi connectivity index (χ1n) is 10.7. The average Bonchev–Trinajstić information content (AvgIpc) is 2.70. The molecule has 12 heteroatoms. The van der Waals surface area contributed by atoms with E-state index in [-0.39, 0.29) is 50.1 Å². The van der Waals surface area contributed by atoms with Gasteiger partial charge in [0.1, 0.15) is 12.6 Å². The molecule has 33 heavy (non-hydrogen) atoms. The highest BCUT2D eigenvalue weighted by Crippen LogP contribution is 2.39. The summed E-state index contributed by atoms with van der Waals surface area (Å²) in [7, 11) is 0. The molecule has 1 aromatic rings. The van der Waals surface area contributed by atoms with Crippen molar-refractivity contribution in [1.82, 2.24) is 4.90 Å². The lowest BCUT2D eigenvalue weighted by atomic mass is 9.85. The molecule has 1 aliphatic heterocycles. The van der Waals surface area contributed by atoms with Gasteiger partial charge in [0.05, 0.1) is 24.4 Å². The zero-order valence-electron chi connectivity index (χ0n) is 17.9. The molecule has 1 saturated heterocycles. The van der Waals surface area contributed by atoms with Gasteiger partial charge < -0.3 is 20.7 Å². The lowest BCUT2D eigenvalue weighted by Crippen LogP contribution is -2.52. The second kappa shape index (κ2) is 10.7. The third kappa shape index (κ3) is 6.39. The number of benzene rings is 1. The molecule has 3 rings (SSSR count). The molecule has 0 radical (unpaired) electrons. The first kappa shape index (κ1) is 25.3. The number of nitrogens with two attached hydrogens (primary N) is 1. The summed E-state index contributed by atoms with van der Waals surface area (Å²) < 4.78 is 72.4. The average molecular weight is 478 g/mol. The van der Waals surface area contributed by atoms with Crippen LogP contribution in [0.2, 0.25) is 0 Å². The van der Waals surface area contributed by atoms with Crippen LogP contribution in [0.1, 0.15) is 24.8 Å². The minimum Gasteiger partial charge on any atom is -0.370 e. The Morgan fingerprint density at radius 3 is 2.58 bits per heavy atom. The summed E-state index contributed by atoms with van der Waals surface area (Å²) >= 11 is 0. The molecule has 0 bridgehead atoms. The Kier molecular flexibility index (Phi) is 8.24. The van der Waals surface area contributed by atoms with E-state index in [0.29, 0.717) is 0 Å². The highest BCUT2D eigenvalue weighted by Gasteiger charge is 2.37. The number of carbonyl (C=O) groups is 2. The van der Waals surface area contributed by atoms with E-state index in [0.717, 1.165) is 36.3 Å². The molecular weight excluding hydrogens is 451 g/mol. The molecule has 7 nitrogen and oxygen atoms in total. The van der Waals surface area contributed by atoms with Crippen LogP contribution >= 0.6 is 0 Å². The van der Waals surface area contributed by atoms with Crippen molar-refractivity contribution in [3.8, 4) is 0 Å². The Balaban J connectivity index is 1.81. The number of amides is 2. The number of morpholine rings is 1. The Labute approximate surface area is 188 Å². The normalized spacial score (nSPS) is 18.5. The van der Waals surface area contributed by atoms with Gasteiger partial charge in [-0.25, -0.2) is 8.78 Å². The van der Waals surface area contributed by atoms with Crippen molar-refractivity contribution in [2.45, 2.75) is 37.9 Å². The fourth-order valence-electron chi connectivity index (χ4n) is 4.01. The van der Waals surface area contributed by atoms with E-state index in [2.05, 4.69) is 5.32 Å². The molecule has 0 spiro atoms. The van der Waals surface area contributed by atoms with E-state index in [1.807, 2.05) is 0 Å². The van der Waals surface area contributed by atoms with E-state index in [4.69, 9.17) is 10.5 Å². The van der Waals surface area contributed by atoms with Gasteiger partial charge in [-0.2, -0.15) is 13.2 Å². The van der Waals surface area contributed by atoms with Crippen molar-refractivity contribution in [3.63, 3.8) is 0 Å². The molecule has 2 fully saturated rings. The molecule has 1 heterocycles. The van der Waals surface area contributed by atoms with Crippen molar-refractivity contribution in [2.24, 2.45) is 11.7 Å². The predicted octanol–water partition coefficient (Wildman–Crippen LogP) is 2.70. The summed E-state index contributed by atoms with van der Waals surface area (Å²) in [6.07, 6.45) is -4.75. The lowest BCUT2D eigenvalue weighted by Gasteiger charge is -2.36. The van der Waals surface area contributed by atoms with Gasteiger partial charge in [-0.1, -0.05) is 6.42 Å². The number of hydrogen-bond acceptors (Lipinski definition) is 5. The SMILES string of the molecule is NC[C@@H](C(=O)Nc1ccc(N2CCOCC2=O)c(C(F)(F)F)c1)N(CC(F)F)CC1CCC1. The van der Waals surface area contributed by atoms with E-state index >= 15 is 0 Å². The zero-order valence-corrected chi connectivity index (χ0v) is 17.9. The summed E-state index contributed by atoms with van der Waals surface area (Å²) in [6.45, 7) is -0.914. The Morgan fingerprint density at radius 1 is 1.30 bits per heavy atom. The van der Waals surface area contributed by atoms with Crippen LogP contribution < -0.4 is 16.0 Å². The summed E-state index contributed by atoms with van der Waals surface area (Å²) in [4.78, 5) is 27.1.